The van der Waals surface area contributed by atoms with Crippen LogP contribution in [0.25, 0.3) is 11.0 Å². The summed E-state index contributed by atoms with van der Waals surface area (Å²) >= 11 is 6.17. The molecule has 0 saturated carbocycles. The molecule has 0 fully saturated rings. The Morgan fingerprint density at radius 2 is 1.90 bits per heavy atom. The largest absolute Gasteiger partial charge is 0.459 e. The molecule has 2 aromatic carbocycles. The maximum Gasteiger partial charge on any atom is 0.135 e. The van der Waals surface area contributed by atoms with Gasteiger partial charge in [-0.1, -0.05) is 41.4 Å². The molecule has 0 spiro atoms. The summed E-state index contributed by atoms with van der Waals surface area (Å²) in [6.07, 6.45) is 0. The van der Waals surface area contributed by atoms with Crippen molar-refractivity contribution in [2.45, 2.75) is 19.9 Å². The molecule has 2 N–H and O–H groups in total. The first-order valence-corrected chi connectivity index (χ1v) is 6.95. The van der Waals surface area contributed by atoms with Crippen LogP contribution in [0.4, 0.5) is 0 Å². The van der Waals surface area contributed by atoms with Gasteiger partial charge in [-0.15, -0.1) is 0 Å². The highest BCUT2D eigenvalue weighted by Crippen LogP contribution is 2.31. The van der Waals surface area contributed by atoms with Crippen LogP contribution in [0.5, 0.6) is 0 Å². The van der Waals surface area contributed by atoms with Crippen LogP contribution in [0.3, 0.4) is 0 Å². The van der Waals surface area contributed by atoms with Gasteiger partial charge in [0.25, 0.3) is 0 Å². The molecule has 0 aliphatic rings. The third-order valence-corrected chi connectivity index (χ3v) is 3.92. The number of hydrogen-bond donors (Lipinski definition) is 1. The molecule has 0 aliphatic heterocycles. The summed E-state index contributed by atoms with van der Waals surface area (Å²) in [5, 5.41) is 1.59. The smallest absolute Gasteiger partial charge is 0.135 e. The van der Waals surface area contributed by atoms with Gasteiger partial charge in [0, 0.05) is 5.39 Å². The molecule has 20 heavy (non-hydrogen) atoms. The lowest BCUT2D eigenvalue weighted by atomic mass is 9.98. The van der Waals surface area contributed by atoms with E-state index in [0.29, 0.717) is 5.02 Å². The number of benzene rings is 2. The number of hydrogen-bond acceptors (Lipinski definition) is 2. The van der Waals surface area contributed by atoms with Crippen molar-refractivity contribution in [3.63, 3.8) is 0 Å². The summed E-state index contributed by atoms with van der Waals surface area (Å²) < 4.78 is 5.84. The summed E-state index contributed by atoms with van der Waals surface area (Å²) in [4.78, 5) is 0. The van der Waals surface area contributed by atoms with E-state index >= 15 is 0 Å². The third kappa shape index (κ3) is 2.21. The first-order chi connectivity index (χ1) is 9.56. The average molecular weight is 286 g/mol. The van der Waals surface area contributed by atoms with Crippen LogP contribution < -0.4 is 5.73 Å². The summed E-state index contributed by atoms with van der Waals surface area (Å²) in [5.74, 6) is 0.736. The minimum absolute atomic E-state index is 0.279. The Bertz CT molecular complexity index is 776. The quantitative estimate of drug-likeness (QED) is 0.738. The molecule has 0 aliphatic carbocycles. The molecule has 1 unspecified atom stereocenters. The molecule has 0 bridgehead atoms. The van der Waals surface area contributed by atoms with Crippen molar-refractivity contribution in [1.82, 2.24) is 0 Å². The van der Waals surface area contributed by atoms with Gasteiger partial charge in [0.1, 0.15) is 11.3 Å². The summed E-state index contributed by atoms with van der Waals surface area (Å²) in [6.45, 7) is 4.14. The second-order valence-electron chi connectivity index (χ2n) is 5.14. The summed E-state index contributed by atoms with van der Waals surface area (Å²) in [6, 6.07) is 13.5. The molecule has 1 heterocycles. The fraction of sp³-hybridized carbons (Fsp3) is 0.176. The molecule has 3 aromatic rings. The van der Waals surface area contributed by atoms with E-state index in [9.17, 15) is 0 Å². The maximum absolute atomic E-state index is 6.34. The third-order valence-electron chi connectivity index (χ3n) is 3.59. The van der Waals surface area contributed by atoms with E-state index in [2.05, 4.69) is 32.0 Å². The fourth-order valence-electron chi connectivity index (χ4n) is 2.53. The van der Waals surface area contributed by atoms with Gasteiger partial charge in [0.2, 0.25) is 0 Å². The van der Waals surface area contributed by atoms with Crippen molar-refractivity contribution >= 4 is 22.6 Å². The van der Waals surface area contributed by atoms with Gasteiger partial charge in [0.15, 0.2) is 0 Å². The van der Waals surface area contributed by atoms with Crippen molar-refractivity contribution in [3.05, 3.63) is 69.9 Å². The van der Waals surface area contributed by atoms with Crippen LogP contribution in [0, 0.1) is 13.8 Å². The number of furan rings is 1. The number of rotatable bonds is 2. The van der Waals surface area contributed by atoms with Crippen LogP contribution in [-0.4, -0.2) is 0 Å². The molecule has 0 amide bonds. The normalized spacial score (nSPS) is 12.8. The molecule has 1 atom stereocenters. The number of halogens is 1. The lowest BCUT2D eigenvalue weighted by Gasteiger charge is -2.12. The second kappa shape index (κ2) is 4.97. The van der Waals surface area contributed by atoms with Crippen LogP contribution in [0.1, 0.15) is 28.5 Å². The first-order valence-electron chi connectivity index (χ1n) is 6.57. The monoisotopic (exact) mass is 285 g/mol. The van der Waals surface area contributed by atoms with Crippen molar-refractivity contribution in [1.29, 1.82) is 0 Å². The number of nitrogens with two attached hydrogens (primary N) is 1. The lowest BCUT2D eigenvalue weighted by Crippen LogP contribution is -2.12. The van der Waals surface area contributed by atoms with Crippen molar-refractivity contribution in [2.75, 3.05) is 0 Å². The highest BCUT2D eigenvalue weighted by molar-refractivity contribution is 6.35. The molecule has 3 heteroatoms. The van der Waals surface area contributed by atoms with Gasteiger partial charge in [0.05, 0.1) is 11.1 Å². The molecule has 3 rings (SSSR count). The van der Waals surface area contributed by atoms with E-state index in [1.54, 1.807) is 0 Å². The van der Waals surface area contributed by atoms with E-state index in [4.69, 9.17) is 21.8 Å². The minimum Gasteiger partial charge on any atom is -0.459 e. The zero-order chi connectivity index (χ0) is 14.3. The lowest BCUT2D eigenvalue weighted by molar-refractivity contribution is 0.524. The zero-order valence-electron chi connectivity index (χ0n) is 11.5. The Morgan fingerprint density at radius 1 is 1.10 bits per heavy atom. The first kappa shape index (κ1) is 13.2. The van der Waals surface area contributed by atoms with Gasteiger partial charge in [-0.25, -0.2) is 0 Å². The Kier molecular flexibility index (Phi) is 3.28. The topological polar surface area (TPSA) is 39.2 Å². The van der Waals surface area contributed by atoms with E-state index in [1.807, 2.05) is 24.3 Å². The van der Waals surface area contributed by atoms with Crippen molar-refractivity contribution in [2.24, 2.45) is 5.73 Å². The Balaban J connectivity index is 2.08. The highest BCUT2D eigenvalue weighted by atomic mass is 35.5. The SMILES string of the molecule is Cc1ccc(C(N)c2cc3c(Cl)cccc3o2)c(C)c1. The Morgan fingerprint density at radius 3 is 2.60 bits per heavy atom. The van der Waals surface area contributed by atoms with Gasteiger partial charge < -0.3 is 10.2 Å². The molecule has 1 aromatic heterocycles. The maximum atomic E-state index is 6.34. The predicted octanol–water partition coefficient (Wildman–Crippen LogP) is 4.75. The molecular formula is C17H16ClNO. The van der Waals surface area contributed by atoms with E-state index in [-0.39, 0.29) is 6.04 Å². The van der Waals surface area contributed by atoms with Gasteiger partial charge >= 0.3 is 0 Å². The van der Waals surface area contributed by atoms with Gasteiger partial charge in [-0.05, 0) is 43.2 Å². The van der Waals surface area contributed by atoms with Gasteiger partial charge in [-0.2, -0.15) is 0 Å². The highest BCUT2D eigenvalue weighted by Gasteiger charge is 2.17. The summed E-state index contributed by atoms with van der Waals surface area (Å²) in [7, 11) is 0. The second-order valence-corrected chi connectivity index (χ2v) is 5.55. The molecule has 2 nitrogen and oxygen atoms in total. The van der Waals surface area contributed by atoms with E-state index in [1.165, 1.54) is 11.1 Å². The van der Waals surface area contributed by atoms with Crippen LogP contribution in [0.15, 0.2) is 46.9 Å². The fourth-order valence-corrected chi connectivity index (χ4v) is 2.75. The van der Waals surface area contributed by atoms with Gasteiger partial charge in [-0.3, -0.25) is 0 Å². The molecule has 0 radical (unpaired) electrons. The van der Waals surface area contributed by atoms with E-state index < -0.39 is 0 Å². The van der Waals surface area contributed by atoms with Crippen molar-refractivity contribution in [3.8, 4) is 0 Å². The Hall–Kier alpha value is -1.77. The van der Waals surface area contributed by atoms with Crippen molar-refractivity contribution < 1.29 is 4.42 Å². The molecular weight excluding hydrogens is 270 g/mol. The number of fused-ring (bicyclic) bond motifs is 1. The van der Waals surface area contributed by atoms with E-state index in [0.717, 1.165) is 22.3 Å². The average Bonchev–Trinajstić information content (AvgIpc) is 2.83. The van der Waals surface area contributed by atoms with Crippen LogP contribution in [0.2, 0.25) is 5.02 Å². The molecule has 102 valence electrons. The van der Waals surface area contributed by atoms with Crippen LogP contribution >= 0.6 is 11.6 Å². The van der Waals surface area contributed by atoms with Crippen LogP contribution in [-0.2, 0) is 0 Å². The Labute approximate surface area is 123 Å². The number of aryl methyl sites for hydroxylation is 2. The molecule has 0 saturated heterocycles. The standard InChI is InChI=1S/C17H16ClNO/c1-10-6-7-12(11(2)8-10)17(19)16-9-13-14(18)4-3-5-15(13)20-16/h3-9,17H,19H2,1-2H3. The minimum atomic E-state index is -0.279. The zero-order valence-corrected chi connectivity index (χ0v) is 12.2. The summed E-state index contributed by atoms with van der Waals surface area (Å²) in [5.41, 5.74) is 10.6. The predicted molar refractivity (Wildman–Crippen MR) is 83.2 cm³/mol.